The molecule has 8 atom stereocenters. The lowest BCUT2D eigenvalue weighted by molar-refractivity contribution is -0.135. The van der Waals surface area contributed by atoms with Gasteiger partial charge in [-0.15, -0.1) is 0 Å². The topological polar surface area (TPSA) is 524 Å². The van der Waals surface area contributed by atoms with Crippen molar-refractivity contribution in [2.45, 2.75) is 121 Å². The molecule has 468 valence electrons. The normalized spacial score (nSPS) is 20.3. The van der Waals surface area contributed by atoms with Crippen LogP contribution in [0.5, 0.6) is 0 Å². The van der Waals surface area contributed by atoms with E-state index in [-0.39, 0.29) is 81.5 Å². The van der Waals surface area contributed by atoms with Crippen molar-refractivity contribution in [2.75, 3.05) is 24.6 Å². The Morgan fingerprint density at radius 1 is 0.651 bits per heavy atom. The number of benzene rings is 2. The maximum Gasteiger partial charge on any atom is 0.300 e. The molecular formula is C53H76N18O13S2. The maximum absolute atomic E-state index is 14.6. The summed E-state index contributed by atoms with van der Waals surface area (Å²) in [4.78, 5) is 162. The van der Waals surface area contributed by atoms with E-state index in [2.05, 4.69) is 67.5 Å². The number of amides is 9. The first-order valence-electron chi connectivity index (χ1n) is 26.7. The number of carboxylic acids is 2. The number of nitrogens with one attached hydrogen (secondary N) is 10. The monoisotopic (exact) mass is 1240 g/mol. The third-order valence-electron chi connectivity index (χ3n) is 12.1. The number of aromatic nitrogens is 3. The second-order valence-electron chi connectivity index (χ2n) is 19.3. The third kappa shape index (κ3) is 26.9. The Morgan fingerprint density at radius 2 is 1.19 bits per heavy atom. The molecule has 0 aliphatic carbocycles. The second kappa shape index (κ2) is 37.0. The first kappa shape index (κ1) is 70.9. The summed E-state index contributed by atoms with van der Waals surface area (Å²) in [6.07, 6.45) is 4.53. The van der Waals surface area contributed by atoms with Gasteiger partial charge in [0.25, 0.3) is 11.9 Å². The largest absolute Gasteiger partial charge is 0.481 e. The molecule has 1 fully saturated rings. The van der Waals surface area contributed by atoms with Crippen LogP contribution in [0.1, 0.15) is 70.2 Å². The van der Waals surface area contributed by atoms with Crippen molar-refractivity contribution in [3.8, 4) is 0 Å². The van der Waals surface area contributed by atoms with Crippen LogP contribution in [0, 0.1) is 0 Å². The predicted molar refractivity (Wildman–Crippen MR) is 322 cm³/mol. The lowest BCUT2D eigenvalue weighted by atomic mass is 10.0. The molecule has 2 aromatic heterocycles. The van der Waals surface area contributed by atoms with Crippen molar-refractivity contribution >= 4 is 110 Å². The predicted octanol–water partition coefficient (Wildman–Crippen LogP) is -2.99. The van der Waals surface area contributed by atoms with Gasteiger partial charge >= 0.3 is 0 Å². The quantitative estimate of drug-likeness (QED) is 0.0204. The van der Waals surface area contributed by atoms with Gasteiger partial charge in [-0.05, 0) is 49.8 Å². The van der Waals surface area contributed by atoms with Gasteiger partial charge in [-0.25, -0.2) is 4.98 Å². The zero-order chi connectivity index (χ0) is 63.9. The number of nitrogens with two attached hydrogens (primary N) is 5. The van der Waals surface area contributed by atoms with Crippen LogP contribution in [0.4, 0.5) is 0 Å². The number of hydrogen-bond acceptors (Lipinski definition) is 16. The number of carbonyl (C=O) groups excluding carboxylic acids is 9. The number of aliphatic carboxylic acids is 2. The SMILES string of the molecule is CC(=O)NC(CCCN=C(N)N)C(=O)NC1CSSCC(C(N)=O)NC(=O)C(Cc2c[nH]c3ccccc23)NC(=O)C(CCCN=C(N)N)NC(=O)C(Cc2ccccc2)NC(=O)C(Cc2cnc[nH]2)NC(=O)C(C)NC1=O.CC(=O)O.CC(=O)O. The summed E-state index contributed by atoms with van der Waals surface area (Å²) in [6, 6.07) is 5.16. The molecule has 1 aliphatic heterocycles. The van der Waals surface area contributed by atoms with Gasteiger partial charge in [-0.2, -0.15) is 0 Å². The summed E-state index contributed by atoms with van der Waals surface area (Å²) in [5.41, 5.74) is 30.3. The molecule has 1 saturated heterocycles. The first-order valence-corrected chi connectivity index (χ1v) is 29.2. The van der Waals surface area contributed by atoms with Crippen molar-refractivity contribution in [1.29, 1.82) is 0 Å². The fourth-order valence-corrected chi connectivity index (χ4v) is 10.4. The van der Waals surface area contributed by atoms with Gasteiger partial charge in [-0.3, -0.25) is 62.7 Å². The molecule has 9 amide bonds. The van der Waals surface area contributed by atoms with E-state index in [1.807, 2.05) is 18.2 Å². The van der Waals surface area contributed by atoms with Gasteiger partial charge in [0.05, 0.1) is 6.33 Å². The van der Waals surface area contributed by atoms with Crippen LogP contribution in [0.3, 0.4) is 0 Å². The second-order valence-corrected chi connectivity index (χ2v) is 21.8. The Labute approximate surface area is 502 Å². The van der Waals surface area contributed by atoms with Gasteiger partial charge in [0.1, 0.15) is 48.3 Å². The number of rotatable bonds is 18. The molecule has 8 unspecified atom stereocenters. The van der Waals surface area contributed by atoms with Crippen molar-refractivity contribution in [3.63, 3.8) is 0 Å². The zero-order valence-electron chi connectivity index (χ0n) is 47.8. The fraction of sp³-hybridized carbons (Fsp3) is 0.434. The average molecular weight is 1240 g/mol. The summed E-state index contributed by atoms with van der Waals surface area (Å²) in [5, 5.41) is 37.0. The molecule has 0 radical (unpaired) electrons. The third-order valence-corrected chi connectivity index (χ3v) is 14.5. The number of guanidine groups is 2. The van der Waals surface area contributed by atoms with E-state index in [9.17, 15) is 43.2 Å². The van der Waals surface area contributed by atoms with E-state index >= 15 is 0 Å². The maximum atomic E-state index is 14.6. The molecule has 31 nitrogen and oxygen atoms in total. The van der Waals surface area contributed by atoms with E-state index in [4.69, 9.17) is 48.5 Å². The van der Waals surface area contributed by atoms with E-state index in [1.165, 1.54) is 26.4 Å². The number of aliphatic imine (C=N–C) groups is 2. The molecule has 1 aliphatic rings. The minimum absolute atomic E-state index is 0.0573. The van der Waals surface area contributed by atoms with E-state index in [0.29, 0.717) is 16.8 Å². The number of fused-ring (bicyclic) bond motifs is 1. The Balaban J connectivity index is 0.00000227. The molecule has 4 aromatic rings. The summed E-state index contributed by atoms with van der Waals surface area (Å²) in [7, 11) is 2.02. The molecule has 22 N–H and O–H groups in total. The molecular weight excluding hydrogens is 1160 g/mol. The van der Waals surface area contributed by atoms with E-state index in [1.54, 1.807) is 42.6 Å². The summed E-state index contributed by atoms with van der Waals surface area (Å²) in [6.45, 7) is 4.91. The molecule has 0 saturated carbocycles. The number of hydrogen-bond donors (Lipinski definition) is 17. The number of carbonyl (C=O) groups is 11. The van der Waals surface area contributed by atoms with Crippen molar-refractivity contribution in [3.05, 3.63) is 90.1 Å². The van der Waals surface area contributed by atoms with Crippen molar-refractivity contribution in [1.82, 2.24) is 57.5 Å². The fourth-order valence-electron chi connectivity index (χ4n) is 8.05. The Morgan fingerprint density at radius 3 is 1.78 bits per heavy atom. The smallest absolute Gasteiger partial charge is 0.300 e. The number of primary amides is 1. The zero-order valence-corrected chi connectivity index (χ0v) is 49.4. The summed E-state index contributed by atoms with van der Waals surface area (Å²) in [5.74, 6) is -9.63. The first-order chi connectivity index (χ1) is 40.7. The number of H-pyrrole nitrogens is 2. The van der Waals surface area contributed by atoms with Gasteiger partial charge < -0.3 is 91.4 Å². The summed E-state index contributed by atoms with van der Waals surface area (Å²) >= 11 is 0. The van der Waals surface area contributed by atoms with Gasteiger partial charge in [-0.1, -0.05) is 70.1 Å². The lowest BCUT2D eigenvalue weighted by Gasteiger charge is -2.27. The van der Waals surface area contributed by atoms with Gasteiger partial charge in [0.15, 0.2) is 11.9 Å². The molecule has 33 heteroatoms. The molecule has 2 aromatic carbocycles. The molecule has 5 rings (SSSR count). The van der Waals surface area contributed by atoms with Gasteiger partial charge in [0, 0.05) is 93.6 Å². The number of nitrogens with zero attached hydrogens (tertiary/aromatic N) is 3. The molecule has 86 heavy (non-hydrogen) atoms. The highest BCUT2D eigenvalue weighted by molar-refractivity contribution is 8.76. The van der Waals surface area contributed by atoms with Crippen LogP contribution in [0.25, 0.3) is 10.9 Å². The lowest BCUT2D eigenvalue weighted by Crippen LogP contribution is -2.61. The average Bonchev–Trinajstić information content (AvgIpc) is 4.28. The highest BCUT2D eigenvalue weighted by atomic mass is 33.1. The minimum atomic E-state index is -1.40. The number of para-hydroxylation sites is 1. The number of carboxylic acid groups (broad SMARTS) is 2. The standard InChI is InChI=1S/C49H68N18O9S2.2C2H4O2/c1-26-41(70)63-37(20-30-22-55-25-59-30)46(75)64-35(18-28-10-4-3-5-11-28)44(73)62-34(15-9-17-57-49(53)54)43(72)65-36(19-29-21-58-32-13-7-6-12-31(29)32)45(74)66-38(40(50)69)23-77-78-24-39(47(76)60-26)67-42(71)33(61-27(2)68)14-8-16-56-48(51)52;2*1-2(3)4/h3-7,10-13,21-22,25-26,33-39,58H,8-9,14-20,23-24H2,1-2H3,(H2,50,69)(H,55,59)(H,60,76)(H,61,68)(H,62,73)(H,63,70)(H,64,75)(H,65,72)(H,66,74)(H,67,71)(H4,51,52,56)(H4,53,54,57);2*1H3,(H,3,4). The number of aromatic amines is 2. The summed E-state index contributed by atoms with van der Waals surface area (Å²) < 4.78 is 0. The van der Waals surface area contributed by atoms with E-state index in [0.717, 1.165) is 46.3 Å². The van der Waals surface area contributed by atoms with Crippen LogP contribution >= 0.6 is 21.6 Å². The Hall–Kier alpha value is -9.40. The van der Waals surface area contributed by atoms with Crippen LogP contribution < -0.4 is 71.2 Å². The highest BCUT2D eigenvalue weighted by Crippen LogP contribution is 2.24. The van der Waals surface area contributed by atoms with E-state index < -0.39 is 113 Å². The van der Waals surface area contributed by atoms with Crippen LogP contribution in [-0.2, 0) is 72.0 Å². The molecule has 0 bridgehead atoms. The Kier molecular flexibility index (Phi) is 30.5. The molecule has 3 heterocycles. The van der Waals surface area contributed by atoms with Gasteiger partial charge in [0.2, 0.25) is 53.2 Å². The number of imidazole rings is 1. The van der Waals surface area contributed by atoms with Crippen LogP contribution in [0.2, 0.25) is 0 Å². The Bertz CT molecular complexity index is 2970. The minimum Gasteiger partial charge on any atom is -0.481 e. The highest BCUT2D eigenvalue weighted by Gasteiger charge is 2.35. The van der Waals surface area contributed by atoms with Crippen molar-refractivity contribution in [2.24, 2.45) is 38.7 Å². The van der Waals surface area contributed by atoms with Crippen molar-refractivity contribution < 1.29 is 63.0 Å². The van der Waals surface area contributed by atoms with Crippen LogP contribution in [0.15, 0.2) is 83.3 Å². The molecule has 0 spiro atoms. The van der Waals surface area contributed by atoms with Crippen LogP contribution in [-0.4, -0.2) is 175 Å².